The zero-order valence-corrected chi connectivity index (χ0v) is 21.1. The molecule has 1 N–H and O–H groups in total. The number of rotatable bonds is 7. The van der Waals surface area contributed by atoms with Crippen LogP contribution in [0.25, 0.3) is 0 Å². The van der Waals surface area contributed by atoms with E-state index in [0.717, 1.165) is 37.5 Å². The van der Waals surface area contributed by atoms with E-state index in [2.05, 4.69) is 4.72 Å². The van der Waals surface area contributed by atoms with Crippen LogP contribution in [0, 0.1) is 29.0 Å². The van der Waals surface area contributed by atoms with E-state index in [1.165, 1.54) is 37.5 Å². The van der Waals surface area contributed by atoms with Crippen molar-refractivity contribution in [3.05, 3.63) is 57.8 Å². The van der Waals surface area contributed by atoms with Gasteiger partial charge >= 0.3 is 5.97 Å². The Balaban J connectivity index is 1.33. The molecule has 0 heterocycles. The van der Waals surface area contributed by atoms with Crippen molar-refractivity contribution in [1.29, 1.82) is 0 Å². The molecular formula is C25H24Cl2FNO5S. The van der Waals surface area contributed by atoms with Crippen LogP contribution in [0.4, 0.5) is 10.1 Å². The monoisotopic (exact) mass is 539 g/mol. The molecule has 10 heteroatoms. The third kappa shape index (κ3) is 4.68. The zero-order chi connectivity index (χ0) is 25.0. The molecule has 4 fully saturated rings. The van der Waals surface area contributed by atoms with E-state index >= 15 is 0 Å². The van der Waals surface area contributed by atoms with E-state index in [9.17, 15) is 22.4 Å². The van der Waals surface area contributed by atoms with Gasteiger partial charge < -0.3 is 4.74 Å². The molecule has 0 amide bonds. The normalized spacial score (nSPS) is 27.0. The third-order valence-corrected chi connectivity index (χ3v) is 9.76. The SMILES string of the molecule is O=C(OCC(=O)C12CC3CC(CC(C3)C1)C2)c1cc(S(=O)(=O)Nc2ccccc2F)c(Cl)cc1Cl. The summed E-state index contributed by atoms with van der Waals surface area (Å²) >= 11 is 12.3. The summed E-state index contributed by atoms with van der Waals surface area (Å²) in [6.07, 6.45) is 6.10. The third-order valence-electron chi connectivity index (χ3n) is 7.61. The highest BCUT2D eigenvalue weighted by Gasteiger charge is 2.54. The quantitative estimate of drug-likeness (QED) is 0.444. The van der Waals surface area contributed by atoms with Crippen molar-refractivity contribution in [2.75, 3.05) is 11.3 Å². The molecule has 35 heavy (non-hydrogen) atoms. The predicted molar refractivity (Wildman–Crippen MR) is 130 cm³/mol. The summed E-state index contributed by atoms with van der Waals surface area (Å²) < 4.78 is 47.1. The number of ketones is 1. The number of sulfonamides is 1. The maximum atomic E-state index is 14.0. The van der Waals surface area contributed by atoms with Crippen LogP contribution >= 0.6 is 23.2 Å². The number of ether oxygens (including phenoxy) is 1. The van der Waals surface area contributed by atoms with Gasteiger partial charge in [0.05, 0.1) is 21.3 Å². The molecule has 2 aromatic rings. The van der Waals surface area contributed by atoms with E-state index in [1.54, 1.807) is 0 Å². The van der Waals surface area contributed by atoms with E-state index in [1.807, 2.05) is 0 Å². The number of hydrogen-bond acceptors (Lipinski definition) is 5. The number of benzene rings is 2. The summed E-state index contributed by atoms with van der Waals surface area (Å²) in [5.41, 5.74) is -0.941. The lowest BCUT2D eigenvalue weighted by Gasteiger charge is -2.55. The lowest BCUT2D eigenvalue weighted by atomic mass is 9.48. The van der Waals surface area contributed by atoms with Crippen molar-refractivity contribution < 1.29 is 27.1 Å². The second-order valence-electron chi connectivity index (χ2n) is 10.0. The van der Waals surface area contributed by atoms with Crippen LogP contribution in [0.15, 0.2) is 41.3 Å². The molecule has 0 aromatic heterocycles. The Hall–Kier alpha value is -2.16. The van der Waals surface area contributed by atoms with Crippen LogP contribution in [0.3, 0.4) is 0 Å². The highest BCUT2D eigenvalue weighted by Crippen LogP contribution is 2.60. The molecule has 4 bridgehead atoms. The van der Waals surface area contributed by atoms with E-state index < -0.39 is 32.1 Å². The number of para-hydroxylation sites is 1. The van der Waals surface area contributed by atoms with Gasteiger partial charge in [-0.25, -0.2) is 17.6 Å². The number of Topliss-reactive ketones (excluding diaryl/α,β-unsaturated/α-hetero) is 1. The standard InChI is InChI=1S/C25H24Cl2FNO5S/c26-18-9-19(27)22(35(32,33)29-21-4-2-1-3-20(21)28)8-17(18)24(31)34-13-23(30)25-10-14-5-15(11-25)7-16(6-14)12-25/h1-4,8-9,14-16,29H,5-7,10-13H2. The van der Waals surface area contributed by atoms with Crippen molar-refractivity contribution in [3.63, 3.8) is 0 Å². The first-order valence-corrected chi connectivity index (χ1v) is 13.8. The van der Waals surface area contributed by atoms with Gasteiger partial charge in [-0.15, -0.1) is 0 Å². The van der Waals surface area contributed by atoms with Gasteiger partial charge in [0.15, 0.2) is 12.4 Å². The number of nitrogens with one attached hydrogen (secondary N) is 1. The largest absolute Gasteiger partial charge is 0.454 e. The lowest BCUT2D eigenvalue weighted by molar-refractivity contribution is -0.147. The van der Waals surface area contributed by atoms with Gasteiger partial charge in [0.2, 0.25) is 0 Å². The smallest absolute Gasteiger partial charge is 0.340 e. The van der Waals surface area contributed by atoms with E-state index in [-0.39, 0.29) is 33.7 Å². The first-order chi connectivity index (χ1) is 16.6. The van der Waals surface area contributed by atoms with Crippen molar-refractivity contribution in [3.8, 4) is 0 Å². The Labute approximate surface area is 213 Å². The highest BCUT2D eigenvalue weighted by atomic mass is 35.5. The molecule has 6 nitrogen and oxygen atoms in total. The van der Waals surface area contributed by atoms with Gasteiger partial charge in [0.25, 0.3) is 10.0 Å². The maximum absolute atomic E-state index is 14.0. The van der Waals surface area contributed by atoms with Gasteiger partial charge in [0, 0.05) is 5.41 Å². The van der Waals surface area contributed by atoms with Crippen molar-refractivity contribution in [2.24, 2.45) is 23.2 Å². The van der Waals surface area contributed by atoms with Crippen LogP contribution in [0.1, 0.15) is 48.9 Å². The van der Waals surface area contributed by atoms with Crippen LogP contribution in [-0.2, 0) is 19.6 Å². The van der Waals surface area contributed by atoms with E-state index in [4.69, 9.17) is 27.9 Å². The van der Waals surface area contributed by atoms with Crippen LogP contribution in [0.2, 0.25) is 10.0 Å². The summed E-state index contributed by atoms with van der Waals surface area (Å²) in [6.45, 7) is -0.389. The fourth-order valence-corrected chi connectivity index (χ4v) is 8.37. The number of halogens is 3. The average molecular weight is 540 g/mol. The molecule has 0 aliphatic heterocycles. The molecule has 2 aromatic carbocycles. The second-order valence-corrected chi connectivity index (χ2v) is 12.5. The minimum atomic E-state index is -4.36. The number of carbonyl (C=O) groups excluding carboxylic acids is 2. The van der Waals surface area contributed by atoms with Crippen LogP contribution < -0.4 is 4.72 Å². The van der Waals surface area contributed by atoms with Gasteiger partial charge in [-0.1, -0.05) is 35.3 Å². The molecule has 4 aliphatic rings. The summed E-state index contributed by atoms with van der Waals surface area (Å²) in [5.74, 6) is -0.0656. The molecule has 0 unspecified atom stereocenters. The Morgan fingerprint density at radius 3 is 2.20 bits per heavy atom. The maximum Gasteiger partial charge on any atom is 0.340 e. The molecule has 4 saturated carbocycles. The number of hydrogen-bond donors (Lipinski definition) is 1. The fraction of sp³-hybridized carbons (Fsp3) is 0.440. The molecule has 6 rings (SSSR count). The number of anilines is 1. The summed E-state index contributed by atoms with van der Waals surface area (Å²) in [7, 11) is -4.36. The minimum Gasteiger partial charge on any atom is -0.454 e. The minimum absolute atomic E-state index is 0.0795. The number of carbonyl (C=O) groups is 2. The average Bonchev–Trinajstić information content (AvgIpc) is 2.77. The Bertz CT molecular complexity index is 1280. The van der Waals surface area contributed by atoms with Crippen LogP contribution in [-0.4, -0.2) is 26.8 Å². The Morgan fingerprint density at radius 2 is 1.60 bits per heavy atom. The Kier molecular flexibility index (Phi) is 6.34. The Morgan fingerprint density at radius 1 is 1.00 bits per heavy atom. The van der Waals surface area contributed by atoms with Crippen molar-refractivity contribution in [2.45, 2.75) is 43.4 Å². The first-order valence-electron chi connectivity index (χ1n) is 11.5. The number of esters is 1. The predicted octanol–water partition coefficient (Wildman–Crippen LogP) is 5.88. The summed E-state index contributed by atoms with van der Waals surface area (Å²) in [5, 5.41) is -0.368. The van der Waals surface area contributed by atoms with Gasteiger partial charge in [-0.3, -0.25) is 9.52 Å². The van der Waals surface area contributed by atoms with E-state index in [0.29, 0.717) is 17.8 Å². The lowest BCUT2D eigenvalue weighted by Crippen LogP contribution is -2.51. The fourth-order valence-electron chi connectivity index (χ4n) is 6.45. The highest BCUT2D eigenvalue weighted by molar-refractivity contribution is 7.92. The molecule has 0 spiro atoms. The van der Waals surface area contributed by atoms with Crippen molar-refractivity contribution >= 4 is 50.7 Å². The van der Waals surface area contributed by atoms with Gasteiger partial charge in [-0.2, -0.15) is 0 Å². The zero-order valence-electron chi connectivity index (χ0n) is 18.7. The molecular weight excluding hydrogens is 516 g/mol. The molecule has 0 radical (unpaired) electrons. The first kappa shape index (κ1) is 24.5. The van der Waals surface area contributed by atoms with Crippen molar-refractivity contribution in [1.82, 2.24) is 0 Å². The summed E-state index contributed by atoms with van der Waals surface area (Å²) in [4.78, 5) is 25.5. The summed E-state index contributed by atoms with van der Waals surface area (Å²) in [6, 6.07) is 7.32. The molecule has 186 valence electrons. The molecule has 0 atom stereocenters. The second kappa shape index (κ2) is 9.05. The molecule has 4 aliphatic carbocycles. The van der Waals surface area contributed by atoms with Gasteiger partial charge in [-0.05, 0) is 80.5 Å². The molecule has 0 saturated heterocycles. The topological polar surface area (TPSA) is 89.5 Å². The van der Waals surface area contributed by atoms with Gasteiger partial charge in [0.1, 0.15) is 10.7 Å². The van der Waals surface area contributed by atoms with Crippen LogP contribution in [0.5, 0.6) is 0 Å².